The van der Waals surface area contributed by atoms with Crippen LogP contribution in [0.2, 0.25) is 0 Å². The van der Waals surface area contributed by atoms with Crippen LogP contribution in [-0.2, 0) is 0 Å². The van der Waals surface area contributed by atoms with Crippen molar-refractivity contribution < 1.29 is 4.84 Å². The summed E-state index contributed by atoms with van der Waals surface area (Å²) in [5.41, 5.74) is 1.17. The molecule has 0 aliphatic rings. The molecular formula is C4H4N2OS. The van der Waals surface area contributed by atoms with E-state index in [1.807, 2.05) is 0 Å². The molecule has 0 saturated heterocycles. The van der Waals surface area contributed by atoms with Crippen molar-refractivity contribution in [3.63, 3.8) is 0 Å². The maximum atomic E-state index is 4.69. The number of hydrogen-bond acceptors (Lipinski definition) is 3. The second kappa shape index (κ2) is 2.42. The lowest BCUT2D eigenvalue weighted by atomic mass is 11.0. The monoisotopic (exact) mass is 128 g/mol. The van der Waals surface area contributed by atoms with E-state index in [1.54, 1.807) is 12.4 Å². The molecule has 0 fully saturated rings. The van der Waals surface area contributed by atoms with Crippen LogP contribution in [0.15, 0.2) is 18.7 Å². The Morgan fingerprint density at radius 2 is 2.62 bits per heavy atom. The lowest BCUT2D eigenvalue weighted by Crippen LogP contribution is -2.03. The molecule has 0 aromatic carbocycles. The highest BCUT2D eigenvalue weighted by molar-refractivity contribution is 7.78. The van der Waals surface area contributed by atoms with Gasteiger partial charge in [0.1, 0.15) is 6.33 Å². The highest BCUT2D eigenvalue weighted by atomic mass is 32.1. The standard InChI is InChI=1S/C4H4N2OS/c8-4-7-6-2-1-5-3-6/h1-4H. The van der Waals surface area contributed by atoms with Gasteiger partial charge in [0, 0.05) is 6.20 Å². The summed E-state index contributed by atoms with van der Waals surface area (Å²) < 4.78 is 1.41. The fourth-order valence-corrected chi connectivity index (χ4v) is 0.458. The molecule has 42 valence electrons. The fraction of sp³-hybridized carbons (Fsp3) is 0. The van der Waals surface area contributed by atoms with Gasteiger partial charge in [0.25, 0.3) is 0 Å². The summed E-state index contributed by atoms with van der Waals surface area (Å²) in [4.78, 5) is 8.40. The number of aromatic nitrogens is 2. The van der Waals surface area contributed by atoms with E-state index in [2.05, 4.69) is 22.0 Å². The van der Waals surface area contributed by atoms with Gasteiger partial charge in [-0.3, -0.25) is 0 Å². The van der Waals surface area contributed by atoms with Gasteiger partial charge in [-0.05, 0) is 12.2 Å². The molecule has 1 aromatic rings. The molecule has 0 atom stereocenters. The Bertz CT molecular complexity index is 161. The summed E-state index contributed by atoms with van der Waals surface area (Å²) >= 11 is 4.40. The maximum absolute atomic E-state index is 4.69. The fourth-order valence-electron chi connectivity index (χ4n) is 0.359. The summed E-state index contributed by atoms with van der Waals surface area (Å²) in [6.07, 6.45) is 4.78. The zero-order chi connectivity index (χ0) is 5.82. The van der Waals surface area contributed by atoms with E-state index in [0.717, 1.165) is 0 Å². The third-order valence-electron chi connectivity index (χ3n) is 0.645. The van der Waals surface area contributed by atoms with Crippen molar-refractivity contribution in [3.05, 3.63) is 18.7 Å². The summed E-state index contributed by atoms with van der Waals surface area (Å²) in [5.74, 6) is 0. The number of thiocarbonyl (C=S) groups is 1. The minimum absolute atomic E-state index is 1.17. The first-order valence-electron chi connectivity index (χ1n) is 2.02. The smallest absolute Gasteiger partial charge is 0.183 e. The van der Waals surface area contributed by atoms with Gasteiger partial charge in [-0.25, -0.2) is 4.98 Å². The second-order valence-electron chi connectivity index (χ2n) is 1.12. The first-order chi connectivity index (χ1) is 3.93. The molecule has 1 rings (SSSR count). The van der Waals surface area contributed by atoms with Gasteiger partial charge in [0.15, 0.2) is 5.55 Å². The molecular weight excluding hydrogens is 124 g/mol. The highest BCUT2D eigenvalue weighted by Gasteiger charge is 1.79. The molecule has 4 heteroatoms. The third kappa shape index (κ3) is 1.04. The van der Waals surface area contributed by atoms with Crippen LogP contribution in [-0.4, -0.2) is 15.3 Å². The topological polar surface area (TPSA) is 27.1 Å². The molecule has 0 spiro atoms. The predicted octanol–water partition coefficient (Wildman–Crippen LogP) is 0.269. The van der Waals surface area contributed by atoms with Crippen molar-refractivity contribution in [1.82, 2.24) is 9.71 Å². The Hall–Kier alpha value is -0.900. The van der Waals surface area contributed by atoms with Gasteiger partial charge in [-0.2, -0.15) is 4.73 Å². The number of nitrogens with zero attached hydrogens (tertiary/aromatic N) is 2. The van der Waals surface area contributed by atoms with Crippen molar-refractivity contribution in [1.29, 1.82) is 0 Å². The molecule has 1 aromatic heterocycles. The minimum atomic E-state index is 1.17. The Balaban J connectivity index is 2.62. The molecule has 0 amide bonds. The number of imidazole rings is 1. The number of hydrogen-bond donors (Lipinski definition) is 0. The van der Waals surface area contributed by atoms with Crippen molar-refractivity contribution in [3.8, 4) is 0 Å². The van der Waals surface area contributed by atoms with Crippen LogP contribution in [0, 0.1) is 0 Å². The van der Waals surface area contributed by atoms with Gasteiger partial charge in [-0.15, -0.1) is 0 Å². The highest BCUT2D eigenvalue weighted by Crippen LogP contribution is 1.76. The van der Waals surface area contributed by atoms with Crippen molar-refractivity contribution in [2.75, 3.05) is 0 Å². The first-order valence-corrected chi connectivity index (χ1v) is 2.49. The van der Waals surface area contributed by atoms with Crippen molar-refractivity contribution in [2.24, 2.45) is 0 Å². The SMILES string of the molecule is S=COn1ccnc1. The van der Waals surface area contributed by atoms with Gasteiger partial charge in [0.05, 0.1) is 6.20 Å². The minimum Gasteiger partial charge on any atom is -0.370 e. The molecule has 0 bridgehead atoms. The number of rotatable bonds is 2. The Kier molecular flexibility index (Phi) is 1.58. The van der Waals surface area contributed by atoms with Crippen LogP contribution in [0.1, 0.15) is 0 Å². The van der Waals surface area contributed by atoms with E-state index in [-0.39, 0.29) is 0 Å². The summed E-state index contributed by atoms with van der Waals surface area (Å²) in [7, 11) is 0. The molecule has 3 nitrogen and oxygen atoms in total. The van der Waals surface area contributed by atoms with E-state index >= 15 is 0 Å². The lowest BCUT2D eigenvalue weighted by Gasteiger charge is -1.92. The second-order valence-corrected chi connectivity index (χ2v) is 1.32. The van der Waals surface area contributed by atoms with Crippen LogP contribution in [0.25, 0.3) is 0 Å². The maximum Gasteiger partial charge on any atom is 0.183 e. The average molecular weight is 128 g/mol. The Labute approximate surface area is 51.9 Å². The van der Waals surface area contributed by atoms with Gasteiger partial charge >= 0.3 is 0 Å². The van der Waals surface area contributed by atoms with Crippen LogP contribution in [0.3, 0.4) is 0 Å². The molecule has 8 heavy (non-hydrogen) atoms. The average Bonchev–Trinajstić information content (AvgIpc) is 2.19. The van der Waals surface area contributed by atoms with E-state index in [1.165, 1.54) is 16.6 Å². The largest absolute Gasteiger partial charge is 0.370 e. The van der Waals surface area contributed by atoms with Gasteiger partial charge < -0.3 is 4.84 Å². The van der Waals surface area contributed by atoms with E-state index in [9.17, 15) is 0 Å². The van der Waals surface area contributed by atoms with Crippen molar-refractivity contribution >= 4 is 17.8 Å². The predicted molar refractivity (Wildman–Crippen MR) is 32.5 cm³/mol. The van der Waals surface area contributed by atoms with Crippen molar-refractivity contribution in [2.45, 2.75) is 0 Å². The zero-order valence-electron chi connectivity index (χ0n) is 4.02. The zero-order valence-corrected chi connectivity index (χ0v) is 4.84. The summed E-state index contributed by atoms with van der Waals surface area (Å²) in [6, 6.07) is 0. The van der Waals surface area contributed by atoms with Crippen LogP contribution in [0.5, 0.6) is 0 Å². The van der Waals surface area contributed by atoms with E-state index in [0.29, 0.717) is 0 Å². The van der Waals surface area contributed by atoms with Gasteiger partial charge in [0.2, 0.25) is 0 Å². The molecule has 0 aliphatic heterocycles. The molecule has 0 unspecified atom stereocenters. The molecule has 0 radical (unpaired) electrons. The molecule has 0 saturated carbocycles. The first kappa shape index (κ1) is 5.24. The normalized spacial score (nSPS) is 8.50. The lowest BCUT2D eigenvalue weighted by molar-refractivity contribution is 0.281. The van der Waals surface area contributed by atoms with E-state index in [4.69, 9.17) is 0 Å². The third-order valence-corrected chi connectivity index (χ3v) is 0.731. The molecule has 0 N–H and O–H groups in total. The summed E-state index contributed by atoms with van der Waals surface area (Å²) in [5, 5.41) is 0. The summed E-state index contributed by atoms with van der Waals surface area (Å²) in [6.45, 7) is 0. The van der Waals surface area contributed by atoms with Crippen LogP contribution < -0.4 is 4.84 Å². The Morgan fingerprint density at radius 3 is 3.12 bits per heavy atom. The van der Waals surface area contributed by atoms with Crippen LogP contribution in [0.4, 0.5) is 0 Å². The molecule has 0 aliphatic carbocycles. The molecule has 1 heterocycles. The quantitative estimate of drug-likeness (QED) is 0.535. The van der Waals surface area contributed by atoms with Gasteiger partial charge in [-0.1, -0.05) is 0 Å². The Morgan fingerprint density at radius 1 is 1.75 bits per heavy atom. The van der Waals surface area contributed by atoms with Crippen LogP contribution >= 0.6 is 12.2 Å². The van der Waals surface area contributed by atoms with E-state index < -0.39 is 0 Å².